The smallest absolute Gasteiger partial charge is 0.229 e. The molecule has 0 radical (unpaired) electrons. The number of hydrogen-bond acceptors (Lipinski definition) is 3. The zero-order valence-electron chi connectivity index (χ0n) is 13.4. The molecule has 126 valence electrons. The lowest BCUT2D eigenvalue weighted by Crippen LogP contribution is -2.46. The van der Waals surface area contributed by atoms with Crippen LogP contribution < -0.4 is 4.74 Å². The number of amides is 1. The zero-order valence-corrected chi connectivity index (χ0v) is 14.2. The predicted octanol–water partition coefficient (Wildman–Crippen LogP) is 2.95. The van der Waals surface area contributed by atoms with E-state index in [1.807, 2.05) is 40.0 Å². The van der Waals surface area contributed by atoms with E-state index in [2.05, 4.69) is 5.10 Å². The van der Waals surface area contributed by atoms with E-state index in [0.717, 1.165) is 37.2 Å². The zero-order chi connectivity index (χ0) is 16.5. The molecule has 1 saturated heterocycles. The van der Waals surface area contributed by atoms with Gasteiger partial charge in [0.1, 0.15) is 12.4 Å². The van der Waals surface area contributed by atoms with E-state index in [1.54, 1.807) is 6.20 Å². The highest BCUT2D eigenvalue weighted by Crippen LogP contribution is 2.31. The minimum absolute atomic E-state index is 0.132. The van der Waals surface area contributed by atoms with Gasteiger partial charge in [0.2, 0.25) is 5.91 Å². The number of halogens is 1. The van der Waals surface area contributed by atoms with Gasteiger partial charge in [-0.2, -0.15) is 5.10 Å². The molecule has 2 aliphatic heterocycles. The first kappa shape index (κ1) is 15.5. The predicted molar refractivity (Wildman–Crippen MR) is 91.2 cm³/mol. The number of carbonyl (C=O) groups excluding carboxylic acids is 1. The molecule has 1 amide bonds. The van der Waals surface area contributed by atoms with Crippen LogP contribution in [0.25, 0.3) is 0 Å². The van der Waals surface area contributed by atoms with Crippen LogP contribution in [-0.2, 0) is 11.2 Å². The Morgan fingerprint density at radius 3 is 3.12 bits per heavy atom. The Hall–Kier alpha value is -2.01. The van der Waals surface area contributed by atoms with Gasteiger partial charge in [-0.15, -0.1) is 0 Å². The maximum Gasteiger partial charge on any atom is 0.229 e. The second kappa shape index (κ2) is 6.48. The Bertz CT molecular complexity index is 732. The minimum Gasteiger partial charge on any atom is -0.492 e. The van der Waals surface area contributed by atoms with Gasteiger partial charge in [0.15, 0.2) is 0 Å². The number of rotatable bonds is 2. The number of hydrogen-bond donors (Lipinski definition) is 0. The fraction of sp³-hybridized carbons (Fsp3) is 0.444. The Labute approximate surface area is 146 Å². The molecule has 0 unspecified atom stereocenters. The Balaban J connectivity index is 1.46. The average molecular weight is 346 g/mol. The number of carbonyl (C=O) groups is 1. The van der Waals surface area contributed by atoms with Crippen molar-refractivity contribution in [2.45, 2.75) is 25.3 Å². The number of piperidine rings is 1. The first-order valence-electron chi connectivity index (χ1n) is 8.40. The van der Waals surface area contributed by atoms with Crippen LogP contribution in [0.1, 0.15) is 24.4 Å². The van der Waals surface area contributed by atoms with E-state index in [9.17, 15) is 4.79 Å². The molecule has 1 aromatic carbocycles. The number of likely N-dealkylation sites (tertiary alicyclic amines) is 1. The van der Waals surface area contributed by atoms with E-state index in [4.69, 9.17) is 16.3 Å². The lowest BCUT2D eigenvalue weighted by Gasteiger charge is -2.36. The molecule has 2 aromatic rings. The van der Waals surface area contributed by atoms with Crippen molar-refractivity contribution in [1.82, 2.24) is 14.7 Å². The van der Waals surface area contributed by atoms with Crippen LogP contribution in [0.3, 0.4) is 0 Å². The molecule has 2 atom stereocenters. The monoisotopic (exact) mass is 345 g/mol. The summed E-state index contributed by atoms with van der Waals surface area (Å²) in [6.45, 7) is 1.98. The number of nitrogens with zero attached hydrogens (tertiary/aromatic N) is 3. The first-order valence-corrected chi connectivity index (χ1v) is 8.77. The summed E-state index contributed by atoms with van der Waals surface area (Å²) in [4.78, 5) is 14.9. The Morgan fingerprint density at radius 1 is 1.38 bits per heavy atom. The summed E-state index contributed by atoms with van der Waals surface area (Å²) in [6.07, 6.45) is 6.52. The molecule has 4 rings (SSSR count). The standard InChI is InChI=1S/C18H20ClN3O2/c19-15-4-5-17-13(10-15)9-14(12-24-17)18(23)21-7-1-3-16(11-21)22-8-2-6-20-22/h2,4-6,8,10,14,16H,1,3,7,9,11-12H2/t14-,16-/m1/s1. The van der Waals surface area contributed by atoms with Crippen molar-refractivity contribution in [2.24, 2.45) is 5.92 Å². The van der Waals surface area contributed by atoms with Crippen LogP contribution in [0.2, 0.25) is 5.02 Å². The van der Waals surface area contributed by atoms with Crippen LogP contribution in [0.5, 0.6) is 5.75 Å². The van der Waals surface area contributed by atoms with E-state index in [0.29, 0.717) is 18.1 Å². The van der Waals surface area contributed by atoms with Gasteiger partial charge in [0.25, 0.3) is 0 Å². The van der Waals surface area contributed by atoms with Gasteiger partial charge in [0, 0.05) is 30.5 Å². The molecule has 0 bridgehead atoms. The Kier molecular flexibility index (Phi) is 4.19. The lowest BCUT2D eigenvalue weighted by atomic mass is 9.94. The Morgan fingerprint density at radius 2 is 2.29 bits per heavy atom. The van der Waals surface area contributed by atoms with Crippen molar-refractivity contribution in [2.75, 3.05) is 19.7 Å². The summed E-state index contributed by atoms with van der Waals surface area (Å²) < 4.78 is 7.74. The fourth-order valence-corrected chi connectivity index (χ4v) is 3.84. The van der Waals surface area contributed by atoms with Crippen molar-refractivity contribution < 1.29 is 9.53 Å². The molecule has 1 aromatic heterocycles. The molecule has 0 spiro atoms. The topological polar surface area (TPSA) is 47.4 Å². The van der Waals surface area contributed by atoms with Crippen molar-refractivity contribution in [3.8, 4) is 5.75 Å². The quantitative estimate of drug-likeness (QED) is 0.840. The van der Waals surface area contributed by atoms with Crippen molar-refractivity contribution in [3.05, 3.63) is 47.2 Å². The van der Waals surface area contributed by atoms with Gasteiger partial charge in [-0.25, -0.2) is 0 Å². The number of ether oxygens (including phenoxy) is 1. The highest BCUT2D eigenvalue weighted by atomic mass is 35.5. The van der Waals surface area contributed by atoms with Crippen LogP contribution >= 0.6 is 11.6 Å². The van der Waals surface area contributed by atoms with E-state index < -0.39 is 0 Å². The van der Waals surface area contributed by atoms with Gasteiger partial charge in [-0.3, -0.25) is 9.48 Å². The van der Waals surface area contributed by atoms with E-state index in [-0.39, 0.29) is 17.9 Å². The molecule has 5 nitrogen and oxygen atoms in total. The number of benzene rings is 1. The third kappa shape index (κ3) is 3.00. The maximum atomic E-state index is 12.9. The summed E-state index contributed by atoms with van der Waals surface area (Å²) in [7, 11) is 0. The number of aromatic nitrogens is 2. The fourth-order valence-electron chi connectivity index (χ4n) is 3.65. The van der Waals surface area contributed by atoms with Gasteiger partial charge < -0.3 is 9.64 Å². The molecular weight excluding hydrogens is 326 g/mol. The average Bonchev–Trinajstić information content (AvgIpc) is 3.15. The van der Waals surface area contributed by atoms with Gasteiger partial charge in [0.05, 0.1) is 12.0 Å². The highest BCUT2D eigenvalue weighted by molar-refractivity contribution is 6.30. The highest BCUT2D eigenvalue weighted by Gasteiger charge is 2.32. The van der Waals surface area contributed by atoms with Gasteiger partial charge in [-0.05, 0) is 49.1 Å². The minimum atomic E-state index is -0.132. The van der Waals surface area contributed by atoms with Gasteiger partial charge in [-0.1, -0.05) is 11.6 Å². The molecule has 1 fully saturated rings. The van der Waals surface area contributed by atoms with Crippen LogP contribution in [0.15, 0.2) is 36.7 Å². The molecule has 24 heavy (non-hydrogen) atoms. The molecule has 0 N–H and O–H groups in total. The normalized spacial score (nSPS) is 23.5. The van der Waals surface area contributed by atoms with E-state index >= 15 is 0 Å². The molecule has 0 aliphatic carbocycles. The van der Waals surface area contributed by atoms with Crippen molar-refractivity contribution >= 4 is 17.5 Å². The summed E-state index contributed by atoms with van der Waals surface area (Å²) >= 11 is 6.07. The SMILES string of the molecule is O=C([C@H]1COc2ccc(Cl)cc2C1)N1CCC[C@@H](n2cccn2)C1. The van der Waals surface area contributed by atoms with Gasteiger partial charge >= 0.3 is 0 Å². The third-order valence-electron chi connectivity index (χ3n) is 4.89. The van der Waals surface area contributed by atoms with Crippen LogP contribution in [0, 0.1) is 5.92 Å². The maximum absolute atomic E-state index is 12.9. The molecule has 6 heteroatoms. The summed E-state index contributed by atoms with van der Waals surface area (Å²) in [5, 5.41) is 5.01. The second-order valence-electron chi connectivity index (χ2n) is 6.53. The third-order valence-corrected chi connectivity index (χ3v) is 5.12. The summed E-state index contributed by atoms with van der Waals surface area (Å²) in [5.74, 6) is 0.890. The largest absolute Gasteiger partial charge is 0.492 e. The molecular formula is C18H20ClN3O2. The van der Waals surface area contributed by atoms with Crippen molar-refractivity contribution in [1.29, 1.82) is 0 Å². The van der Waals surface area contributed by atoms with Crippen LogP contribution in [0.4, 0.5) is 0 Å². The number of fused-ring (bicyclic) bond motifs is 1. The van der Waals surface area contributed by atoms with Crippen LogP contribution in [-0.4, -0.2) is 40.3 Å². The summed E-state index contributed by atoms with van der Waals surface area (Å²) in [6, 6.07) is 7.80. The van der Waals surface area contributed by atoms with Crippen molar-refractivity contribution in [3.63, 3.8) is 0 Å². The second-order valence-corrected chi connectivity index (χ2v) is 6.97. The van der Waals surface area contributed by atoms with E-state index in [1.165, 1.54) is 0 Å². The molecule has 3 heterocycles. The summed E-state index contributed by atoms with van der Waals surface area (Å²) in [5.41, 5.74) is 1.02. The first-order chi connectivity index (χ1) is 11.7. The molecule has 0 saturated carbocycles. The lowest BCUT2D eigenvalue weighted by molar-refractivity contribution is -0.138. The molecule has 2 aliphatic rings.